The van der Waals surface area contributed by atoms with Crippen LogP contribution in [0.2, 0.25) is 0 Å². The molecule has 7 nitrogen and oxygen atoms in total. The molecule has 0 saturated carbocycles. The molecule has 0 unspecified atom stereocenters. The molecule has 3 rings (SSSR count). The monoisotopic (exact) mass is 376 g/mol. The molecule has 2 amide bonds. The lowest BCUT2D eigenvalue weighted by Gasteiger charge is -2.25. The summed E-state index contributed by atoms with van der Waals surface area (Å²) in [5.41, 5.74) is 1.01. The van der Waals surface area contributed by atoms with Gasteiger partial charge in [0.25, 0.3) is 5.91 Å². The van der Waals surface area contributed by atoms with Crippen LogP contribution in [-0.4, -0.2) is 41.3 Å². The number of piperidine rings is 1. The second-order valence-electron chi connectivity index (χ2n) is 6.37. The number of amides is 2. The average Bonchev–Trinajstić information content (AvgIpc) is 3.32. The number of nitrogens with one attached hydrogen (secondary N) is 2. The molecule has 0 atom stereocenters. The van der Waals surface area contributed by atoms with Crippen molar-refractivity contribution in [2.45, 2.75) is 38.6 Å². The topological polar surface area (TPSA) is 87.5 Å². The fourth-order valence-electron chi connectivity index (χ4n) is 2.91. The fourth-order valence-corrected chi connectivity index (χ4v) is 3.63. The summed E-state index contributed by atoms with van der Waals surface area (Å²) < 4.78 is 5.01. The Morgan fingerprint density at radius 2 is 2.12 bits per heavy atom. The number of hydrogen-bond acceptors (Lipinski definition) is 6. The van der Waals surface area contributed by atoms with E-state index in [4.69, 9.17) is 4.42 Å². The second kappa shape index (κ2) is 9.49. The molecule has 0 radical (unpaired) electrons. The van der Waals surface area contributed by atoms with E-state index >= 15 is 0 Å². The molecule has 2 N–H and O–H groups in total. The van der Waals surface area contributed by atoms with E-state index in [1.807, 2.05) is 5.38 Å². The predicted molar refractivity (Wildman–Crippen MR) is 100 cm³/mol. The zero-order chi connectivity index (χ0) is 18.2. The molecule has 1 saturated heterocycles. The first kappa shape index (κ1) is 18.6. The zero-order valence-electron chi connectivity index (χ0n) is 14.7. The number of thiazole rings is 1. The van der Waals surface area contributed by atoms with Gasteiger partial charge in [-0.1, -0.05) is 6.42 Å². The first-order valence-corrected chi connectivity index (χ1v) is 9.87. The maximum absolute atomic E-state index is 12.0. The smallest absolute Gasteiger partial charge is 0.286 e. The van der Waals surface area contributed by atoms with Crippen LogP contribution in [0.25, 0.3) is 0 Å². The summed E-state index contributed by atoms with van der Waals surface area (Å²) in [5.74, 6) is -0.0766. The molecule has 1 aliphatic heterocycles. The minimum absolute atomic E-state index is 0.0869. The highest BCUT2D eigenvalue weighted by molar-refractivity contribution is 7.13. The van der Waals surface area contributed by atoms with Crippen LogP contribution in [0.15, 0.2) is 28.2 Å². The third-order valence-electron chi connectivity index (χ3n) is 4.24. The van der Waals surface area contributed by atoms with Crippen molar-refractivity contribution in [3.63, 3.8) is 0 Å². The fraction of sp³-hybridized carbons (Fsp3) is 0.500. The van der Waals surface area contributed by atoms with Crippen LogP contribution in [0, 0.1) is 0 Å². The number of furan rings is 1. The average molecular weight is 376 g/mol. The van der Waals surface area contributed by atoms with Crippen molar-refractivity contribution >= 4 is 28.3 Å². The van der Waals surface area contributed by atoms with Crippen molar-refractivity contribution in [1.82, 2.24) is 15.2 Å². The summed E-state index contributed by atoms with van der Waals surface area (Å²) in [5, 5.41) is 8.20. The van der Waals surface area contributed by atoms with E-state index in [-0.39, 0.29) is 17.6 Å². The molecule has 8 heteroatoms. The molecular formula is C18H24N4O3S. The highest BCUT2D eigenvalue weighted by Gasteiger charge is 2.13. The third-order valence-corrected chi connectivity index (χ3v) is 5.05. The van der Waals surface area contributed by atoms with Gasteiger partial charge in [0.05, 0.1) is 12.0 Å². The minimum Gasteiger partial charge on any atom is -0.459 e. The van der Waals surface area contributed by atoms with Gasteiger partial charge in [0.1, 0.15) is 0 Å². The molecular weight excluding hydrogens is 352 g/mol. The molecule has 140 valence electrons. The van der Waals surface area contributed by atoms with Gasteiger partial charge in [-0.25, -0.2) is 4.98 Å². The SMILES string of the molecule is O=C(CCCNC(=O)c1ccco1)Nc1nc(CN2CCCCC2)cs1. The second-order valence-corrected chi connectivity index (χ2v) is 7.22. The van der Waals surface area contributed by atoms with E-state index in [0.717, 1.165) is 25.3 Å². The molecule has 0 spiro atoms. The van der Waals surface area contributed by atoms with E-state index in [2.05, 4.69) is 20.5 Å². The van der Waals surface area contributed by atoms with Crippen molar-refractivity contribution < 1.29 is 14.0 Å². The number of rotatable bonds is 8. The van der Waals surface area contributed by atoms with Gasteiger partial charge < -0.3 is 15.1 Å². The first-order chi connectivity index (χ1) is 12.7. The molecule has 1 aliphatic rings. The maximum atomic E-state index is 12.0. The zero-order valence-corrected chi connectivity index (χ0v) is 15.5. The van der Waals surface area contributed by atoms with Gasteiger partial charge in [-0.05, 0) is 44.5 Å². The lowest BCUT2D eigenvalue weighted by molar-refractivity contribution is -0.116. The third kappa shape index (κ3) is 5.67. The number of aromatic nitrogens is 1. The van der Waals surface area contributed by atoms with Crippen molar-refractivity contribution in [2.24, 2.45) is 0 Å². The maximum Gasteiger partial charge on any atom is 0.286 e. The Kier molecular flexibility index (Phi) is 6.79. The highest BCUT2D eigenvalue weighted by atomic mass is 32.1. The molecule has 2 aromatic rings. The Hall–Kier alpha value is -2.19. The minimum atomic E-state index is -0.266. The summed E-state index contributed by atoms with van der Waals surface area (Å²) in [6.07, 6.45) is 6.17. The van der Waals surface area contributed by atoms with Gasteiger partial charge in [0, 0.05) is 24.9 Å². The van der Waals surface area contributed by atoms with Crippen LogP contribution in [0.1, 0.15) is 48.4 Å². The molecule has 1 fully saturated rings. The van der Waals surface area contributed by atoms with Crippen molar-refractivity contribution in [3.8, 4) is 0 Å². The van der Waals surface area contributed by atoms with Crippen LogP contribution in [0.3, 0.4) is 0 Å². The van der Waals surface area contributed by atoms with E-state index in [1.54, 1.807) is 12.1 Å². The number of anilines is 1. The van der Waals surface area contributed by atoms with Crippen molar-refractivity contribution in [2.75, 3.05) is 25.0 Å². The molecule has 0 bridgehead atoms. The van der Waals surface area contributed by atoms with E-state index in [9.17, 15) is 9.59 Å². The van der Waals surface area contributed by atoms with Gasteiger partial charge in [-0.15, -0.1) is 11.3 Å². The van der Waals surface area contributed by atoms with Crippen LogP contribution in [-0.2, 0) is 11.3 Å². The Labute approximate surface area is 156 Å². The quantitative estimate of drug-likeness (QED) is 0.692. The normalized spacial score (nSPS) is 14.9. The standard InChI is InChI=1S/C18H24N4O3S/c23-16(7-4-8-19-17(24)15-6-5-11-25-15)21-18-20-14(13-26-18)12-22-9-2-1-3-10-22/h5-6,11,13H,1-4,7-10,12H2,(H,19,24)(H,20,21,23). The number of likely N-dealkylation sites (tertiary alicyclic amines) is 1. The van der Waals surface area contributed by atoms with Gasteiger partial charge in [0.15, 0.2) is 10.9 Å². The van der Waals surface area contributed by atoms with Crippen molar-refractivity contribution in [1.29, 1.82) is 0 Å². The highest BCUT2D eigenvalue weighted by Crippen LogP contribution is 2.19. The number of hydrogen-bond donors (Lipinski definition) is 2. The van der Waals surface area contributed by atoms with Gasteiger partial charge >= 0.3 is 0 Å². The lowest BCUT2D eigenvalue weighted by Crippen LogP contribution is -2.29. The van der Waals surface area contributed by atoms with Crippen LogP contribution in [0.4, 0.5) is 5.13 Å². The Morgan fingerprint density at radius 3 is 2.88 bits per heavy atom. The predicted octanol–water partition coefficient (Wildman–Crippen LogP) is 2.87. The van der Waals surface area contributed by atoms with Crippen LogP contribution >= 0.6 is 11.3 Å². The Bertz CT molecular complexity index is 708. The summed E-state index contributed by atoms with van der Waals surface area (Å²) in [6.45, 7) is 3.53. The summed E-state index contributed by atoms with van der Waals surface area (Å²) in [7, 11) is 0. The molecule has 0 aliphatic carbocycles. The van der Waals surface area contributed by atoms with Crippen molar-refractivity contribution in [3.05, 3.63) is 35.2 Å². The van der Waals surface area contributed by atoms with Gasteiger partial charge in [0.2, 0.25) is 5.91 Å². The van der Waals surface area contributed by atoms with E-state index in [0.29, 0.717) is 24.5 Å². The Morgan fingerprint density at radius 1 is 1.27 bits per heavy atom. The summed E-state index contributed by atoms with van der Waals surface area (Å²) in [6, 6.07) is 3.27. The van der Waals surface area contributed by atoms with Gasteiger partial charge in [-0.2, -0.15) is 0 Å². The van der Waals surface area contributed by atoms with E-state index < -0.39 is 0 Å². The molecule has 3 heterocycles. The number of carbonyl (C=O) groups is 2. The Balaban J connectivity index is 1.33. The molecule has 26 heavy (non-hydrogen) atoms. The van der Waals surface area contributed by atoms with Gasteiger partial charge in [-0.3, -0.25) is 14.5 Å². The van der Waals surface area contributed by atoms with Crippen LogP contribution in [0.5, 0.6) is 0 Å². The molecule has 0 aromatic carbocycles. The van der Waals surface area contributed by atoms with E-state index in [1.165, 1.54) is 36.9 Å². The summed E-state index contributed by atoms with van der Waals surface area (Å²) >= 11 is 1.46. The molecule has 2 aromatic heterocycles. The largest absolute Gasteiger partial charge is 0.459 e. The summed E-state index contributed by atoms with van der Waals surface area (Å²) in [4.78, 5) is 30.6. The lowest BCUT2D eigenvalue weighted by atomic mass is 10.1. The van der Waals surface area contributed by atoms with Crippen LogP contribution < -0.4 is 10.6 Å². The number of nitrogens with zero attached hydrogens (tertiary/aromatic N) is 2. The number of carbonyl (C=O) groups excluding carboxylic acids is 2. The first-order valence-electron chi connectivity index (χ1n) is 8.99.